The lowest BCUT2D eigenvalue weighted by atomic mass is 9.75. The van der Waals surface area contributed by atoms with Crippen molar-refractivity contribution < 1.29 is 19.4 Å². The van der Waals surface area contributed by atoms with Crippen LogP contribution in [0.1, 0.15) is 34.6 Å². The normalized spacial score (nSPS) is 15.8. The second kappa shape index (κ2) is 5.09. The molecular weight excluding hydrogens is 210 g/mol. The first kappa shape index (κ1) is 14.6. The highest BCUT2D eigenvalue weighted by molar-refractivity contribution is 6.23. The van der Waals surface area contributed by atoms with E-state index in [9.17, 15) is 9.59 Å². The summed E-state index contributed by atoms with van der Waals surface area (Å²) in [5.41, 5.74) is -1.94. The number of carboxylic acids is 1. The minimum absolute atomic E-state index is 0.240. The fourth-order valence-corrected chi connectivity index (χ4v) is 0.931. The van der Waals surface area contributed by atoms with Crippen LogP contribution in [-0.4, -0.2) is 35.4 Å². The molecule has 0 saturated heterocycles. The quantitative estimate of drug-likeness (QED) is 0.585. The van der Waals surface area contributed by atoms with Crippen molar-refractivity contribution in [2.24, 2.45) is 10.4 Å². The van der Waals surface area contributed by atoms with Crippen molar-refractivity contribution in [1.29, 1.82) is 0 Å². The van der Waals surface area contributed by atoms with Crippen LogP contribution in [0.4, 0.5) is 0 Å². The third kappa shape index (κ3) is 3.32. The maximum absolute atomic E-state index is 11.2. The summed E-state index contributed by atoms with van der Waals surface area (Å²) in [6.45, 7) is 8.65. The lowest BCUT2D eigenvalue weighted by Gasteiger charge is -2.34. The summed E-state index contributed by atoms with van der Waals surface area (Å²) < 4.78 is 4.65. The first-order chi connectivity index (χ1) is 7.15. The van der Waals surface area contributed by atoms with E-state index in [2.05, 4.69) is 9.73 Å². The molecule has 5 heteroatoms. The molecule has 0 bridgehead atoms. The van der Waals surface area contributed by atoms with Gasteiger partial charge in [0.05, 0.1) is 6.61 Å². The molecule has 0 aliphatic rings. The van der Waals surface area contributed by atoms with Crippen LogP contribution in [0, 0.1) is 5.41 Å². The van der Waals surface area contributed by atoms with E-state index < -0.39 is 22.9 Å². The molecule has 16 heavy (non-hydrogen) atoms. The minimum Gasteiger partial charge on any atom is -0.479 e. The van der Waals surface area contributed by atoms with Gasteiger partial charge in [0.25, 0.3) is 0 Å². The number of aliphatic carboxylic acids is 1. The Labute approximate surface area is 95.5 Å². The van der Waals surface area contributed by atoms with Gasteiger partial charge in [0.1, 0.15) is 6.21 Å². The summed E-state index contributed by atoms with van der Waals surface area (Å²) >= 11 is 0. The maximum atomic E-state index is 11.2. The Balaban J connectivity index is 4.98. The van der Waals surface area contributed by atoms with Crippen LogP contribution in [0.3, 0.4) is 0 Å². The summed E-state index contributed by atoms with van der Waals surface area (Å²) in [5, 5.41) is 9.15. The van der Waals surface area contributed by atoms with E-state index in [0.717, 1.165) is 6.21 Å². The number of carbonyl (C=O) groups excluding carboxylic acids is 1. The third-order valence-corrected chi connectivity index (χ3v) is 2.59. The van der Waals surface area contributed by atoms with Gasteiger partial charge in [-0.1, -0.05) is 20.8 Å². The molecule has 1 N–H and O–H groups in total. The van der Waals surface area contributed by atoms with Crippen LogP contribution >= 0.6 is 0 Å². The Morgan fingerprint density at radius 3 is 2.12 bits per heavy atom. The number of carbonyl (C=O) groups is 2. The molecule has 1 atom stereocenters. The molecule has 5 nitrogen and oxygen atoms in total. The molecule has 0 aliphatic carbocycles. The van der Waals surface area contributed by atoms with E-state index in [1.807, 2.05) is 0 Å². The van der Waals surface area contributed by atoms with Gasteiger partial charge in [-0.3, -0.25) is 4.99 Å². The zero-order valence-electron chi connectivity index (χ0n) is 10.4. The van der Waals surface area contributed by atoms with Gasteiger partial charge in [-0.2, -0.15) is 0 Å². The van der Waals surface area contributed by atoms with E-state index in [4.69, 9.17) is 5.11 Å². The zero-order valence-corrected chi connectivity index (χ0v) is 10.4. The first-order valence-electron chi connectivity index (χ1n) is 5.10. The molecule has 0 saturated carbocycles. The molecule has 0 aromatic heterocycles. The van der Waals surface area contributed by atoms with Crippen molar-refractivity contribution in [3.05, 3.63) is 0 Å². The highest BCUT2D eigenvalue weighted by Gasteiger charge is 2.44. The number of hydrogen-bond donors (Lipinski definition) is 1. The molecule has 0 amide bonds. The highest BCUT2D eigenvalue weighted by atomic mass is 16.5. The van der Waals surface area contributed by atoms with Gasteiger partial charge in [-0.25, -0.2) is 9.59 Å². The second-order valence-electron chi connectivity index (χ2n) is 4.64. The zero-order chi connectivity index (χ0) is 13.0. The lowest BCUT2D eigenvalue weighted by Crippen LogP contribution is -2.46. The molecule has 92 valence electrons. The summed E-state index contributed by atoms with van der Waals surface area (Å²) in [5.74, 6) is -1.69. The van der Waals surface area contributed by atoms with E-state index in [1.54, 1.807) is 27.7 Å². The average Bonchev–Trinajstić information content (AvgIpc) is 2.12. The standard InChI is InChI=1S/C11H19NO4/c1-6-16-8(13)7-12-11(5,9(14)15)10(2,3)4/h7H,6H2,1-5H3,(H,14,15)/t11-/m1/s1. The summed E-state index contributed by atoms with van der Waals surface area (Å²) in [6, 6.07) is 0. The summed E-state index contributed by atoms with van der Waals surface area (Å²) in [4.78, 5) is 26.1. The van der Waals surface area contributed by atoms with Crippen LogP contribution < -0.4 is 0 Å². The van der Waals surface area contributed by atoms with Crippen molar-refractivity contribution >= 4 is 18.2 Å². The van der Waals surface area contributed by atoms with E-state index >= 15 is 0 Å². The summed E-state index contributed by atoms with van der Waals surface area (Å²) in [6.07, 6.45) is 0.933. The highest BCUT2D eigenvalue weighted by Crippen LogP contribution is 2.33. The predicted octanol–water partition coefficient (Wildman–Crippen LogP) is 1.51. The molecule has 0 unspecified atom stereocenters. The summed E-state index contributed by atoms with van der Waals surface area (Å²) in [7, 11) is 0. The fourth-order valence-electron chi connectivity index (χ4n) is 0.931. The van der Waals surface area contributed by atoms with E-state index in [-0.39, 0.29) is 6.61 Å². The lowest BCUT2D eigenvalue weighted by molar-refractivity contribution is -0.146. The number of aliphatic imine (C=N–C) groups is 1. The molecule has 0 radical (unpaired) electrons. The van der Waals surface area contributed by atoms with Crippen molar-refractivity contribution in [2.45, 2.75) is 40.2 Å². The van der Waals surface area contributed by atoms with Crippen molar-refractivity contribution in [3.63, 3.8) is 0 Å². The Hall–Kier alpha value is -1.39. The predicted molar refractivity (Wildman–Crippen MR) is 60.6 cm³/mol. The molecule has 0 aromatic rings. The monoisotopic (exact) mass is 229 g/mol. The third-order valence-electron chi connectivity index (χ3n) is 2.59. The van der Waals surface area contributed by atoms with Crippen molar-refractivity contribution in [1.82, 2.24) is 0 Å². The van der Waals surface area contributed by atoms with Crippen LogP contribution in [0.5, 0.6) is 0 Å². The number of esters is 1. The average molecular weight is 229 g/mol. The number of carboxylic acid groups (broad SMARTS) is 1. The smallest absolute Gasteiger partial charge is 0.348 e. The Bertz CT molecular complexity index is 304. The van der Waals surface area contributed by atoms with Gasteiger partial charge < -0.3 is 9.84 Å². The van der Waals surface area contributed by atoms with Gasteiger partial charge in [0, 0.05) is 0 Å². The first-order valence-corrected chi connectivity index (χ1v) is 5.10. The van der Waals surface area contributed by atoms with Gasteiger partial charge in [-0.05, 0) is 19.3 Å². The second-order valence-corrected chi connectivity index (χ2v) is 4.64. The molecular formula is C11H19NO4. The van der Waals surface area contributed by atoms with Crippen LogP contribution in [0.15, 0.2) is 4.99 Å². The molecule has 0 aliphatic heterocycles. The molecule has 0 spiro atoms. The van der Waals surface area contributed by atoms with Crippen molar-refractivity contribution in [3.8, 4) is 0 Å². The largest absolute Gasteiger partial charge is 0.479 e. The minimum atomic E-state index is -1.35. The Kier molecular flexibility index (Phi) is 4.65. The molecule has 0 fully saturated rings. The molecule has 0 heterocycles. The topological polar surface area (TPSA) is 76.0 Å². The van der Waals surface area contributed by atoms with Gasteiger partial charge >= 0.3 is 11.9 Å². The number of hydrogen-bond acceptors (Lipinski definition) is 4. The molecule has 0 rings (SSSR count). The maximum Gasteiger partial charge on any atom is 0.348 e. The number of nitrogens with zero attached hydrogens (tertiary/aromatic N) is 1. The molecule has 0 aromatic carbocycles. The fraction of sp³-hybridized carbons (Fsp3) is 0.727. The van der Waals surface area contributed by atoms with Gasteiger partial charge in [-0.15, -0.1) is 0 Å². The van der Waals surface area contributed by atoms with E-state index in [1.165, 1.54) is 6.92 Å². The van der Waals surface area contributed by atoms with Crippen LogP contribution in [0.25, 0.3) is 0 Å². The SMILES string of the molecule is CCOC(=O)C=N[C@](C)(C(=O)O)C(C)(C)C. The van der Waals surface area contributed by atoms with Gasteiger partial charge in [0.15, 0.2) is 5.54 Å². The van der Waals surface area contributed by atoms with Gasteiger partial charge in [0.2, 0.25) is 0 Å². The Morgan fingerprint density at radius 2 is 1.81 bits per heavy atom. The number of ether oxygens (including phenoxy) is 1. The van der Waals surface area contributed by atoms with Crippen molar-refractivity contribution in [2.75, 3.05) is 6.61 Å². The number of rotatable bonds is 4. The van der Waals surface area contributed by atoms with Crippen LogP contribution in [0.2, 0.25) is 0 Å². The van der Waals surface area contributed by atoms with Crippen LogP contribution in [-0.2, 0) is 14.3 Å². The van der Waals surface area contributed by atoms with E-state index in [0.29, 0.717) is 0 Å². The Morgan fingerprint density at radius 1 is 1.31 bits per heavy atom.